The maximum Gasteiger partial charge on any atom is 0.251 e. The lowest BCUT2D eigenvalue weighted by Crippen LogP contribution is -2.39. The number of benzene rings is 3. The monoisotopic (exact) mass is 655 g/mol. The van der Waals surface area contributed by atoms with Gasteiger partial charge in [0.2, 0.25) is 10.0 Å². The molecular weight excluding hydrogens is 613 g/mol. The van der Waals surface area contributed by atoms with Crippen molar-refractivity contribution in [1.29, 1.82) is 0 Å². The Kier molecular flexibility index (Phi) is 11.4. The summed E-state index contributed by atoms with van der Waals surface area (Å²) in [5.41, 5.74) is 3.55. The van der Waals surface area contributed by atoms with Crippen molar-refractivity contribution < 1.29 is 13.2 Å². The van der Waals surface area contributed by atoms with Crippen molar-refractivity contribution >= 4 is 39.1 Å². The summed E-state index contributed by atoms with van der Waals surface area (Å²) < 4.78 is 28.2. The topological polar surface area (TPSA) is 69.7 Å². The Bertz CT molecular complexity index is 1510. The molecule has 6 nitrogen and oxygen atoms in total. The Morgan fingerprint density at radius 1 is 0.886 bits per heavy atom. The van der Waals surface area contributed by atoms with Crippen LogP contribution in [0.5, 0.6) is 0 Å². The number of halogens is 2. The van der Waals surface area contributed by atoms with Gasteiger partial charge in [0, 0.05) is 47.8 Å². The molecular formula is C35H43Cl2N3O3S. The molecule has 5 rings (SSSR count). The summed E-state index contributed by atoms with van der Waals surface area (Å²) in [6, 6.07) is 20.8. The lowest BCUT2D eigenvalue weighted by Gasteiger charge is -2.33. The highest BCUT2D eigenvalue weighted by atomic mass is 35.5. The predicted molar refractivity (Wildman–Crippen MR) is 180 cm³/mol. The Hall–Kier alpha value is -2.42. The van der Waals surface area contributed by atoms with Gasteiger partial charge in [0.15, 0.2) is 0 Å². The zero-order valence-corrected chi connectivity index (χ0v) is 27.8. The van der Waals surface area contributed by atoms with E-state index >= 15 is 0 Å². The Labute approximate surface area is 272 Å². The zero-order chi connectivity index (χ0) is 31.1. The van der Waals surface area contributed by atoms with Gasteiger partial charge in [-0.3, -0.25) is 4.79 Å². The molecule has 0 aliphatic carbocycles. The Morgan fingerprint density at radius 3 is 2.23 bits per heavy atom. The quantitative estimate of drug-likeness (QED) is 0.215. The molecule has 2 saturated heterocycles. The fraction of sp³-hybridized carbons (Fsp3) is 0.457. The molecule has 2 aliphatic rings. The summed E-state index contributed by atoms with van der Waals surface area (Å²) in [6.45, 7) is 6.14. The number of amides is 1. The van der Waals surface area contributed by atoms with E-state index in [2.05, 4.69) is 17.1 Å². The SMILES string of the molecule is CC1CCCCN1CCCNC(=O)c1ccc(CCC2CCN(S(=O)(=O)c3ccc(-c4ccc(Cl)cc4)cc3)CC2)c(Cl)c1. The molecule has 236 valence electrons. The van der Waals surface area contributed by atoms with Gasteiger partial charge in [-0.2, -0.15) is 4.31 Å². The highest BCUT2D eigenvalue weighted by Gasteiger charge is 2.29. The van der Waals surface area contributed by atoms with Crippen LogP contribution < -0.4 is 5.32 Å². The standard InChI is InChI=1S/C35H43Cl2N3O3S/c1-26-5-2-3-21-39(26)22-4-20-38-35(41)31-9-8-30(34(37)25-31)7-6-27-18-23-40(24-19-27)44(42,43)33-16-12-29(13-17-33)28-10-14-32(36)15-11-28/h8-17,25-27H,2-7,18-24H2,1H3,(H,38,41). The minimum Gasteiger partial charge on any atom is -0.352 e. The summed E-state index contributed by atoms with van der Waals surface area (Å²) in [6.07, 6.45) is 8.16. The van der Waals surface area contributed by atoms with E-state index in [1.54, 1.807) is 22.5 Å². The molecule has 0 spiro atoms. The first kappa shape index (κ1) is 33.0. The predicted octanol–water partition coefficient (Wildman–Crippen LogP) is 7.69. The van der Waals surface area contributed by atoms with Crippen LogP contribution in [0, 0.1) is 5.92 Å². The number of carbonyl (C=O) groups excluding carboxylic acids is 1. The second-order valence-electron chi connectivity index (χ2n) is 12.2. The molecule has 2 aliphatic heterocycles. The molecule has 2 fully saturated rings. The molecule has 0 radical (unpaired) electrons. The minimum absolute atomic E-state index is 0.0849. The molecule has 1 atom stereocenters. The largest absolute Gasteiger partial charge is 0.352 e. The highest BCUT2D eigenvalue weighted by molar-refractivity contribution is 7.89. The van der Waals surface area contributed by atoms with Crippen LogP contribution in [0.3, 0.4) is 0 Å². The van der Waals surface area contributed by atoms with E-state index in [1.165, 1.54) is 19.3 Å². The summed E-state index contributed by atoms with van der Waals surface area (Å²) in [7, 11) is -3.54. The van der Waals surface area contributed by atoms with Crippen molar-refractivity contribution in [3.8, 4) is 11.1 Å². The van der Waals surface area contributed by atoms with E-state index in [0.29, 0.717) is 52.1 Å². The van der Waals surface area contributed by atoms with E-state index in [9.17, 15) is 13.2 Å². The number of hydrogen-bond donors (Lipinski definition) is 1. The number of likely N-dealkylation sites (tertiary alicyclic amines) is 1. The first-order chi connectivity index (χ1) is 21.2. The van der Waals surface area contributed by atoms with Gasteiger partial charge in [-0.25, -0.2) is 8.42 Å². The molecule has 1 N–H and O–H groups in total. The van der Waals surface area contributed by atoms with Crippen molar-refractivity contribution in [1.82, 2.24) is 14.5 Å². The third-order valence-corrected chi connectivity index (χ3v) is 11.7. The Morgan fingerprint density at radius 2 is 1.57 bits per heavy atom. The molecule has 0 bridgehead atoms. The fourth-order valence-corrected chi connectivity index (χ4v) is 8.25. The van der Waals surface area contributed by atoms with Gasteiger partial charge in [0.25, 0.3) is 5.91 Å². The summed E-state index contributed by atoms with van der Waals surface area (Å²) in [4.78, 5) is 15.5. The van der Waals surface area contributed by atoms with Gasteiger partial charge in [-0.1, -0.05) is 60.0 Å². The number of nitrogens with zero attached hydrogens (tertiary/aromatic N) is 2. The van der Waals surface area contributed by atoms with Crippen LogP contribution in [0.25, 0.3) is 11.1 Å². The maximum absolute atomic E-state index is 13.3. The molecule has 3 aromatic rings. The Balaban J connectivity index is 1.06. The van der Waals surface area contributed by atoms with Crippen LogP contribution in [-0.2, 0) is 16.4 Å². The van der Waals surface area contributed by atoms with E-state index < -0.39 is 10.0 Å². The lowest BCUT2D eigenvalue weighted by atomic mass is 9.91. The third-order valence-electron chi connectivity index (χ3n) is 9.23. The van der Waals surface area contributed by atoms with Crippen molar-refractivity contribution in [3.05, 3.63) is 87.9 Å². The second-order valence-corrected chi connectivity index (χ2v) is 15.0. The minimum atomic E-state index is -3.54. The zero-order valence-electron chi connectivity index (χ0n) is 25.5. The van der Waals surface area contributed by atoms with Gasteiger partial charge in [0.1, 0.15) is 0 Å². The van der Waals surface area contributed by atoms with Crippen molar-refractivity contribution in [2.24, 2.45) is 5.92 Å². The van der Waals surface area contributed by atoms with Crippen LogP contribution >= 0.6 is 23.2 Å². The van der Waals surface area contributed by atoms with Crippen LogP contribution in [0.15, 0.2) is 71.6 Å². The average Bonchev–Trinajstić information content (AvgIpc) is 3.04. The first-order valence-corrected chi connectivity index (χ1v) is 18.1. The summed E-state index contributed by atoms with van der Waals surface area (Å²) in [5, 5.41) is 4.32. The number of hydrogen-bond acceptors (Lipinski definition) is 4. The van der Waals surface area contributed by atoms with Crippen molar-refractivity contribution in [3.63, 3.8) is 0 Å². The van der Waals surface area contributed by atoms with E-state index in [0.717, 1.165) is 61.9 Å². The second kappa shape index (κ2) is 15.2. The number of aryl methyl sites for hydroxylation is 1. The van der Waals surface area contributed by atoms with Crippen LogP contribution in [0.1, 0.15) is 67.8 Å². The molecule has 0 aromatic heterocycles. The van der Waals surface area contributed by atoms with Crippen LogP contribution in [-0.4, -0.2) is 62.3 Å². The molecule has 3 aromatic carbocycles. The van der Waals surface area contributed by atoms with E-state index in [1.807, 2.05) is 48.5 Å². The summed E-state index contributed by atoms with van der Waals surface area (Å²) in [5.74, 6) is 0.341. The van der Waals surface area contributed by atoms with E-state index in [4.69, 9.17) is 23.2 Å². The number of nitrogens with one attached hydrogen (secondary N) is 1. The van der Waals surface area contributed by atoms with Gasteiger partial charge in [-0.15, -0.1) is 0 Å². The molecule has 0 saturated carbocycles. The maximum atomic E-state index is 13.3. The number of sulfonamides is 1. The molecule has 44 heavy (non-hydrogen) atoms. The normalized spacial score (nSPS) is 18.8. The average molecular weight is 657 g/mol. The van der Waals surface area contributed by atoms with Gasteiger partial charge >= 0.3 is 0 Å². The lowest BCUT2D eigenvalue weighted by molar-refractivity contribution is 0.0949. The fourth-order valence-electron chi connectivity index (χ4n) is 6.38. The first-order valence-electron chi connectivity index (χ1n) is 15.9. The van der Waals surface area contributed by atoms with Crippen LogP contribution in [0.4, 0.5) is 0 Å². The highest BCUT2D eigenvalue weighted by Crippen LogP contribution is 2.30. The van der Waals surface area contributed by atoms with Gasteiger partial charge in [-0.05, 0) is 117 Å². The smallest absolute Gasteiger partial charge is 0.251 e. The number of carbonyl (C=O) groups is 1. The third kappa shape index (κ3) is 8.43. The van der Waals surface area contributed by atoms with Crippen molar-refractivity contribution in [2.45, 2.75) is 69.2 Å². The number of rotatable bonds is 11. The molecule has 9 heteroatoms. The van der Waals surface area contributed by atoms with E-state index in [-0.39, 0.29) is 5.91 Å². The van der Waals surface area contributed by atoms with Gasteiger partial charge < -0.3 is 10.2 Å². The summed E-state index contributed by atoms with van der Waals surface area (Å²) >= 11 is 12.6. The van der Waals surface area contributed by atoms with Crippen molar-refractivity contribution in [2.75, 3.05) is 32.7 Å². The molecule has 2 heterocycles. The van der Waals surface area contributed by atoms with Gasteiger partial charge in [0.05, 0.1) is 4.90 Å². The van der Waals surface area contributed by atoms with Crippen LogP contribution in [0.2, 0.25) is 10.0 Å². The number of piperidine rings is 2. The molecule has 1 unspecified atom stereocenters. The molecule has 1 amide bonds.